The van der Waals surface area contributed by atoms with Crippen molar-refractivity contribution in [1.29, 1.82) is 0 Å². The molecule has 23 heavy (non-hydrogen) atoms. The number of nitrogens with one attached hydrogen (secondary N) is 1. The zero-order valence-corrected chi connectivity index (χ0v) is 12.5. The van der Waals surface area contributed by atoms with E-state index in [9.17, 15) is 26.7 Å². The molecule has 0 aliphatic carbocycles. The summed E-state index contributed by atoms with van der Waals surface area (Å²) in [4.78, 5) is 12.5. The Morgan fingerprint density at radius 3 is 2.30 bits per heavy atom. The molecule has 1 aromatic carbocycles. The van der Waals surface area contributed by atoms with E-state index in [1.165, 1.54) is 31.3 Å². The van der Waals surface area contributed by atoms with Crippen LogP contribution in [0.25, 0.3) is 0 Å². The molecule has 0 saturated carbocycles. The molecule has 0 unspecified atom stereocenters. The molecule has 4 nitrogen and oxygen atoms in total. The van der Waals surface area contributed by atoms with E-state index < -0.39 is 37.8 Å². The standard InChI is InChI=1S/C14H17F5N2O2/c1-9(20-13(22)21(2)7-12(15)16)10-3-5-11(6-4-10)23-8-14(17,18)19/h3-6,9,12H,7-8H2,1-2H3,(H,20,22)/t9-/m0/s1. The van der Waals surface area contributed by atoms with E-state index in [-0.39, 0.29) is 5.75 Å². The van der Waals surface area contributed by atoms with Crippen molar-refractivity contribution in [2.45, 2.75) is 25.6 Å². The summed E-state index contributed by atoms with van der Waals surface area (Å²) in [6, 6.07) is 4.49. The Morgan fingerprint density at radius 2 is 1.83 bits per heavy atom. The molecule has 2 amide bonds. The van der Waals surface area contributed by atoms with E-state index in [4.69, 9.17) is 0 Å². The van der Waals surface area contributed by atoms with Gasteiger partial charge in [0.15, 0.2) is 6.61 Å². The molecule has 0 aromatic heterocycles. The van der Waals surface area contributed by atoms with Crippen LogP contribution in [0.1, 0.15) is 18.5 Å². The summed E-state index contributed by atoms with van der Waals surface area (Å²) in [5.41, 5.74) is 0.600. The van der Waals surface area contributed by atoms with Crippen molar-refractivity contribution < 1.29 is 31.5 Å². The fraction of sp³-hybridized carbons (Fsp3) is 0.500. The van der Waals surface area contributed by atoms with Crippen molar-refractivity contribution in [1.82, 2.24) is 10.2 Å². The molecule has 0 bridgehead atoms. The predicted octanol–water partition coefficient (Wildman–Crippen LogP) is 3.60. The van der Waals surface area contributed by atoms with Crippen LogP contribution < -0.4 is 10.1 Å². The van der Waals surface area contributed by atoms with Crippen LogP contribution in [0.5, 0.6) is 5.75 Å². The van der Waals surface area contributed by atoms with Crippen LogP contribution in [0, 0.1) is 0 Å². The molecule has 1 atom stereocenters. The van der Waals surface area contributed by atoms with E-state index in [1.54, 1.807) is 6.92 Å². The summed E-state index contributed by atoms with van der Waals surface area (Å²) in [5, 5.41) is 2.51. The smallest absolute Gasteiger partial charge is 0.422 e. The van der Waals surface area contributed by atoms with Gasteiger partial charge in [-0.2, -0.15) is 13.2 Å². The Morgan fingerprint density at radius 1 is 1.26 bits per heavy atom. The number of hydrogen-bond acceptors (Lipinski definition) is 2. The number of carbonyl (C=O) groups excluding carboxylic acids is 1. The van der Waals surface area contributed by atoms with Crippen molar-refractivity contribution in [3.8, 4) is 5.75 Å². The average molecular weight is 340 g/mol. The van der Waals surface area contributed by atoms with Gasteiger partial charge in [-0.05, 0) is 24.6 Å². The zero-order chi connectivity index (χ0) is 17.6. The topological polar surface area (TPSA) is 41.6 Å². The molecule has 0 fully saturated rings. The minimum absolute atomic E-state index is 0.0411. The van der Waals surface area contributed by atoms with Gasteiger partial charge in [0.2, 0.25) is 0 Å². The summed E-state index contributed by atoms with van der Waals surface area (Å²) >= 11 is 0. The molecule has 0 spiro atoms. The van der Waals surface area contributed by atoms with Crippen LogP contribution in [0.2, 0.25) is 0 Å². The SMILES string of the molecule is C[C@H](NC(=O)N(C)CC(F)F)c1ccc(OCC(F)(F)F)cc1. The first-order chi connectivity index (χ1) is 10.6. The van der Waals surface area contributed by atoms with Crippen molar-refractivity contribution >= 4 is 6.03 Å². The Bertz CT molecular complexity index is 505. The molecule has 0 heterocycles. The van der Waals surface area contributed by atoms with Gasteiger partial charge in [0.25, 0.3) is 6.43 Å². The maximum atomic E-state index is 12.2. The molecule has 0 radical (unpaired) electrons. The summed E-state index contributed by atoms with van der Waals surface area (Å²) in [6.07, 6.45) is -7.05. The Hall–Kier alpha value is -2.06. The number of halogens is 5. The molecule has 1 aromatic rings. The number of benzene rings is 1. The van der Waals surface area contributed by atoms with Crippen LogP contribution >= 0.6 is 0 Å². The van der Waals surface area contributed by atoms with Crippen molar-refractivity contribution in [2.75, 3.05) is 20.2 Å². The monoisotopic (exact) mass is 340 g/mol. The second-order valence-corrected chi connectivity index (χ2v) is 4.92. The number of urea groups is 1. The number of amides is 2. The Kier molecular flexibility index (Phi) is 6.59. The molecule has 0 aliphatic heterocycles. The van der Waals surface area contributed by atoms with Crippen LogP contribution in [0.15, 0.2) is 24.3 Å². The summed E-state index contributed by atoms with van der Waals surface area (Å²) in [6.45, 7) is -0.459. The van der Waals surface area contributed by atoms with Gasteiger partial charge in [0.05, 0.1) is 12.6 Å². The first-order valence-corrected chi connectivity index (χ1v) is 6.68. The van der Waals surface area contributed by atoms with E-state index in [0.29, 0.717) is 5.56 Å². The summed E-state index contributed by atoms with van der Waals surface area (Å²) < 4.78 is 65.0. The summed E-state index contributed by atoms with van der Waals surface area (Å²) in [5.74, 6) is 0.0411. The number of rotatable bonds is 6. The predicted molar refractivity (Wildman–Crippen MR) is 73.6 cm³/mol. The Balaban J connectivity index is 2.57. The molecule has 130 valence electrons. The largest absolute Gasteiger partial charge is 0.484 e. The number of carbonyl (C=O) groups is 1. The van der Waals surface area contributed by atoms with Crippen molar-refractivity contribution in [3.63, 3.8) is 0 Å². The van der Waals surface area contributed by atoms with Crippen molar-refractivity contribution in [3.05, 3.63) is 29.8 Å². The quantitative estimate of drug-likeness (QED) is 0.804. The van der Waals surface area contributed by atoms with E-state index in [2.05, 4.69) is 10.1 Å². The molecule has 0 saturated heterocycles. The zero-order valence-electron chi connectivity index (χ0n) is 12.5. The first kappa shape index (κ1) is 19.0. The number of nitrogens with zero attached hydrogens (tertiary/aromatic N) is 1. The fourth-order valence-electron chi connectivity index (χ4n) is 1.69. The lowest BCUT2D eigenvalue weighted by molar-refractivity contribution is -0.153. The van der Waals surface area contributed by atoms with Gasteiger partial charge in [-0.1, -0.05) is 12.1 Å². The molecule has 1 rings (SSSR count). The third-order valence-corrected chi connectivity index (χ3v) is 2.88. The van der Waals surface area contributed by atoms with Crippen LogP contribution in [0.4, 0.5) is 26.7 Å². The van der Waals surface area contributed by atoms with Gasteiger partial charge in [0, 0.05) is 7.05 Å². The molecule has 1 N–H and O–H groups in total. The lowest BCUT2D eigenvalue weighted by Crippen LogP contribution is -2.40. The maximum Gasteiger partial charge on any atom is 0.422 e. The van der Waals surface area contributed by atoms with Gasteiger partial charge in [-0.3, -0.25) is 0 Å². The number of ether oxygens (including phenoxy) is 1. The van der Waals surface area contributed by atoms with Crippen LogP contribution in [0.3, 0.4) is 0 Å². The van der Waals surface area contributed by atoms with Gasteiger partial charge >= 0.3 is 12.2 Å². The van der Waals surface area contributed by atoms with E-state index in [0.717, 1.165) is 4.90 Å². The normalized spacial score (nSPS) is 12.9. The van der Waals surface area contributed by atoms with Gasteiger partial charge in [0.1, 0.15) is 5.75 Å². The highest BCUT2D eigenvalue weighted by Crippen LogP contribution is 2.21. The highest BCUT2D eigenvalue weighted by Gasteiger charge is 2.28. The maximum absolute atomic E-state index is 12.2. The van der Waals surface area contributed by atoms with Crippen molar-refractivity contribution in [2.24, 2.45) is 0 Å². The van der Waals surface area contributed by atoms with Crippen LogP contribution in [-0.4, -0.2) is 43.7 Å². The van der Waals surface area contributed by atoms with Gasteiger partial charge in [-0.15, -0.1) is 0 Å². The van der Waals surface area contributed by atoms with E-state index in [1.807, 2.05) is 0 Å². The minimum atomic E-state index is -4.42. The summed E-state index contributed by atoms with van der Waals surface area (Å²) in [7, 11) is 1.24. The van der Waals surface area contributed by atoms with E-state index >= 15 is 0 Å². The number of hydrogen-bond donors (Lipinski definition) is 1. The molecular weight excluding hydrogens is 323 g/mol. The Labute approximate surface area is 130 Å². The molecular formula is C14H17F5N2O2. The fourth-order valence-corrected chi connectivity index (χ4v) is 1.69. The highest BCUT2D eigenvalue weighted by atomic mass is 19.4. The lowest BCUT2D eigenvalue weighted by atomic mass is 10.1. The molecule has 0 aliphatic rings. The number of alkyl halides is 5. The third kappa shape index (κ3) is 7.16. The third-order valence-electron chi connectivity index (χ3n) is 2.88. The van der Waals surface area contributed by atoms with Gasteiger partial charge < -0.3 is 15.0 Å². The molecule has 9 heteroatoms. The minimum Gasteiger partial charge on any atom is -0.484 e. The highest BCUT2D eigenvalue weighted by molar-refractivity contribution is 5.74. The first-order valence-electron chi connectivity index (χ1n) is 6.68. The second-order valence-electron chi connectivity index (χ2n) is 4.92. The van der Waals surface area contributed by atoms with Gasteiger partial charge in [-0.25, -0.2) is 13.6 Å². The second kappa shape index (κ2) is 7.98. The average Bonchev–Trinajstić information content (AvgIpc) is 2.44. The lowest BCUT2D eigenvalue weighted by Gasteiger charge is -2.21. The van der Waals surface area contributed by atoms with Crippen LogP contribution in [-0.2, 0) is 0 Å².